The highest BCUT2D eigenvalue weighted by Gasteiger charge is 2.25. The van der Waals surface area contributed by atoms with Gasteiger partial charge in [-0.05, 0) is 24.0 Å². The summed E-state index contributed by atoms with van der Waals surface area (Å²) >= 11 is 0. The molecule has 0 aromatic carbocycles. The van der Waals surface area contributed by atoms with Crippen molar-refractivity contribution in [3.8, 4) is 0 Å². The number of rotatable bonds is 5. The van der Waals surface area contributed by atoms with Gasteiger partial charge in [-0.25, -0.2) is 9.78 Å². The molecule has 1 aliphatic rings. The maximum atomic E-state index is 10.6. The van der Waals surface area contributed by atoms with E-state index in [0.717, 1.165) is 31.1 Å². The van der Waals surface area contributed by atoms with Crippen molar-refractivity contribution in [2.45, 2.75) is 26.3 Å². The third kappa shape index (κ3) is 3.03. The van der Waals surface area contributed by atoms with E-state index in [2.05, 4.69) is 16.8 Å². The Hall–Kier alpha value is -1.42. The molecule has 1 saturated heterocycles. The Balaban J connectivity index is 1.82. The summed E-state index contributed by atoms with van der Waals surface area (Å²) in [4.78, 5) is 16.9. The monoisotopic (exact) mass is 234 g/mol. The number of pyridine rings is 1. The Bertz CT molecular complexity index is 383. The highest BCUT2D eigenvalue weighted by molar-refractivity contribution is 5.85. The van der Waals surface area contributed by atoms with Crippen LogP contribution in [-0.2, 0) is 6.54 Å². The molecule has 0 spiro atoms. The second kappa shape index (κ2) is 5.27. The summed E-state index contributed by atoms with van der Waals surface area (Å²) in [6, 6.07) is 3.42. The molecule has 17 heavy (non-hydrogen) atoms. The summed E-state index contributed by atoms with van der Waals surface area (Å²) in [6.45, 7) is 5.42. The molecule has 0 atom stereocenters. The van der Waals surface area contributed by atoms with Gasteiger partial charge in [0.05, 0.1) is 0 Å². The van der Waals surface area contributed by atoms with Crippen LogP contribution in [0.5, 0.6) is 0 Å². The predicted octanol–water partition coefficient (Wildman–Crippen LogP) is 2.01. The van der Waals surface area contributed by atoms with Crippen LogP contribution in [0.3, 0.4) is 0 Å². The highest BCUT2D eigenvalue weighted by Crippen LogP contribution is 2.22. The number of carboxylic acids is 1. The first-order valence-electron chi connectivity index (χ1n) is 6.09. The number of carbonyl (C=O) groups is 1. The number of aromatic carboxylic acids is 1. The molecule has 0 radical (unpaired) electrons. The van der Waals surface area contributed by atoms with Gasteiger partial charge in [0.15, 0.2) is 0 Å². The fraction of sp³-hybridized carbons (Fsp3) is 0.538. The molecule has 4 nitrogen and oxygen atoms in total. The minimum Gasteiger partial charge on any atom is -0.477 e. The van der Waals surface area contributed by atoms with E-state index in [-0.39, 0.29) is 5.69 Å². The van der Waals surface area contributed by atoms with Gasteiger partial charge in [-0.1, -0.05) is 19.4 Å². The second-order valence-electron chi connectivity index (χ2n) is 4.71. The smallest absolute Gasteiger partial charge is 0.354 e. The van der Waals surface area contributed by atoms with Crippen molar-refractivity contribution in [3.63, 3.8) is 0 Å². The van der Waals surface area contributed by atoms with E-state index >= 15 is 0 Å². The minimum absolute atomic E-state index is 0.112. The molecule has 1 aliphatic heterocycles. The molecular weight excluding hydrogens is 216 g/mol. The standard InChI is InChI=1S/C13H18N2O2/c1-2-3-11-8-15(9-11)7-10-4-5-12(13(16)17)14-6-10/h4-6,11H,2-3,7-9H2,1H3,(H,16,17). The summed E-state index contributed by atoms with van der Waals surface area (Å²) in [5.41, 5.74) is 1.20. The van der Waals surface area contributed by atoms with E-state index < -0.39 is 5.97 Å². The van der Waals surface area contributed by atoms with E-state index in [1.165, 1.54) is 12.8 Å². The SMILES string of the molecule is CCCC1CN(Cc2ccc(C(=O)O)nc2)C1. The van der Waals surface area contributed by atoms with E-state index in [4.69, 9.17) is 5.11 Å². The maximum absolute atomic E-state index is 10.6. The second-order valence-corrected chi connectivity index (χ2v) is 4.71. The van der Waals surface area contributed by atoms with Gasteiger partial charge >= 0.3 is 5.97 Å². The fourth-order valence-corrected chi connectivity index (χ4v) is 2.30. The molecule has 0 amide bonds. The molecule has 0 unspecified atom stereocenters. The number of hydrogen-bond acceptors (Lipinski definition) is 3. The van der Waals surface area contributed by atoms with Crippen molar-refractivity contribution in [1.82, 2.24) is 9.88 Å². The van der Waals surface area contributed by atoms with Gasteiger partial charge in [0.25, 0.3) is 0 Å². The first-order chi connectivity index (χ1) is 8.19. The van der Waals surface area contributed by atoms with Crippen LogP contribution in [0.4, 0.5) is 0 Å². The van der Waals surface area contributed by atoms with E-state index in [9.17, 15) is 4.79 Å². The zero-order valence-corrected chi connectivity index (χ0v) is 10.1. The van der Waals surface area contributed by atoms with Gasteiger partial charge in [0.2, 0.25) is 0 Å². The zero-order chi connectivity index (χ0) is 12.3. The number of nitrogens with zero attached hydrogens (tertiary/aromatic N) is 2. The molecular formula is C13H18N2O2. The first kappa shape index (κ1) is 12.0. The van der Waals surface area contributed by atoms with Gasteiger partial charge in [-0.15, -0.1) is 0 Å². The van der Waals surface area contributed by atoms with Crippen molar-refractivity contribution in [2.24, 2.45) is 5.92 Å². The van der Waals surface area contributed by atoms with E-state index in [1.807, 2.05) is 6.07 Å². The topological polar surface area (TPSA) is 53.4 Å². The van der Waals surface area contributed by atoms with Gasteiger partial charge in [-0.2, -0.15) is 0 Å². The maximum Gasteiger partial charge on any atom is 0.354 e. The highest BCUT2D eigenvalue weighted by atomic mass is 16.4. The summed E-state index contributed by atoms with van der Waals surface area (Å²) in [5, 5.41) is 8.74. The van der Waals surface area contributed by atoms with Crippen LogP contribution < -0.4 is 0 Å². The zero-order valence-electron chi connectivity index (χ0n) is 10.1. The lowest BCUT2D eigenvalue weighted by Crippen LogP contribution is -2.45. The molecule has 2 heterocycles. The molecule has 0 aliphatic carbocycles. The Morgan fingerprint density at radius 1 is 1.53 bits per heavy atom. The predicted molar refractivity (Wildman–Crippen MR) is 64.9 cm³/mol. The Morgan fingerprint density at radius 3 is 2.82 bits per heavy atom. The number of hydrogen-bond donors (Lipinski definition) is 1. The Morgan fingerprint density at radius 2 is 2.29 bits per heavy atom. The van der Waals surface area contributed by atoms with Crippen LogP contribution in [0, 0.1) is 5.92 Å². The molecule has 0 bridgehead atoms. The van der Waals surface area contributed by atoms with Crippen LogP contribution in [0.2, 0.25) is 0 Å². The minimum atomic E-state index is -0.969. The molecule has 0 saturated carbocycles. The summed E-state index contributed by atoms with van der Waals surface area (Å²) in [7, 11) is 0. The summed E-state index contributed by atoms with van der Waals surface area (Å²) in [5.74, 6) is -0.116. The Kier molecular flexibility index (Phi) is 3.74. The normalized spacial score (nSPS) is 16.8. The molecule has 92 valence electrons. The van der Waals surface area contributed by atoms with E-state index in [1.54, 1.807) is 12.3 Å². The molecule has 4 heteroatoms. The van der Waals surface area contributed by atoms with Crippen LogP contribution in [0.1, 0.15) is 35.8 Å². The van der Waals surface area contributed by atoms with Crippen molar-refractivity contribution in [1.29, 1.82) is 0 Å². The Labute approximate surface area is 101 Å². The fourth-order valence-electron chi connectivity index (χ4n) is 2.30. The largest absolute Gasteiger partial charge is 0.477 e. The van der Waals surface area contributed by atoms with Crippen LogP contribution in [0.25, 0.3) is 0 Å². The van der Waals surface area contributed by atoms with Crippen LogP contribution in [0.15, 0.2) is 18.3 Å². The van der Waals surface area contributed by atoms with Gasteiger partial charge < -0.3 is 5.11 Å². The van der Waals surface area contributed by atoms with Crippen LogP contribution >= 0.6 is 0 Å². The number of carboxylic acid groups (broad SMARTS) is 1. The van der Waals surface area contributed by atoms with E-state index in [0.29, 0.717) is 0 Å². The van der Waals surface area contributed by atoms with Crippen molar-refractivity contribution < 1.29 is 9.90 Å². The number of aromatic nitrogens is 1. The lowest BCUT2D eigenvalue weighted by Gasteiger charge is -2.39. The summed E-state index contributed by atoms with van der Waals surface area (Å²) in [6.07, 6.45) is 4.23. The van der Waals surface area contributed by atoms with Crippen LogP contribution in [-0.4, -0.2) is 34.0 Å². The molecule has 1 N–H and O–H groups in total. The lowest BCUT2D eigenvalue weighted by atomic mass is 9.95. The summed E-state index contributed by atoms with van der Waals surface area (Å²) < 4.78 is 0. The molecule has 1 aromatic heterocycles. The average Bonchev–Trinajstić information content (AvgIpc) is 2.27. The number of likely N-dealkylation sites (tertiary alicyclic amines) is 1. The van der Waals surface area contributed by atoms with Crippen molar-refractivity contribution >= 4 is 5.97 Å². The molecule has 2 rings (SSSR count). The third-order valence-corrected chi connectivity index (χ3v) is 3.18. The molecule has 1 fully saturated rings. The van der Waals surface area contributed by atoms with Gasteiger partial charge in [0.1, 0.15) is 5.69 Å². The van der Waals surface area contributed by atoms with Crippen molar-refractivity contribution in [2.75, 3.05) is 13.1 Å². The first-order valence-corrected chi connectivity index (χ1v) is 6.09. The lowest BCUT2D eigenvalue weighted by molar-refractivity contribution is 0.0690. The third-order valence-electron chi connectivity index (χ3n) is 3.18. The van der Waals surface area contributed by atoms with Gasteiger partial charge in [-0.3, -0.25) is 4.90 Å². The van der Waals surface area contributed by atoms with Crippen molar-refractivity contribution in [3.05, 3.63) is 29.6 Å². The van der Waals surface area contributed by atoms with Gasteiger partial charge in [0, 0.05) is 25.8 Å². The average molecular weight is 234 g/mol. The quantitative estimate of drug-likeness (QED) is 0.846. The molecule has 1 aromatic rings.